The smallest absolute Gasteiger partial charge is 0.0388 e. The van der Waals surface area contributed by atoms with Crippen molar-refractivity contribution in [2.75, 3.05) is 0 Å². The maximum Gasteiger partial charge on any atom is 0.0388 e. The lowest BCUT2D eigenvalue weighted by atomic mass is 9.84. The van der Waals surface area contributed by atoms with Crippen molar-refractivity contribution in [3.63, 3.8) is 0 Å². The van der Waals surface area contributed by atoms with Gasteiger partial charge in [-0.1, -0.05) is 19.3 Å². The Morgan fingerprint density at radius 2 is 1.88 bits per heavy atom. The van der Waals surface area contributed by atoms with Crippen LogP contribution >= 0.6 is 11.3 Å². The van der Waals surface area contributed by atoms with Crippen molar-refractivity contribution >= 4 is 11.3 Å². The molecule has 2 rings (SSSR count). The lowest BCUT2D eigenvalue weighted by Crippen LogP contribution is -2.36. The van der Waals surface area contributed by atoms with E-state index in [-0.39, 0.29) is 0 Å². The number of nitrogens with one attached hydrogen (secondary N) is 1. The van der Waals surface area contributed by atoms with Crippen LogP contribution in [0.4, 0.5) is 0 Å². The second-order valence-electron chi connectivity index (χ2n) is 5.52. The van der Waals surface area contributed by atoms with Crippen molar-refractivity contribution in [2.24, 2.45) is 5.92 Å². The summed E-state index contributed by atoms with van der Waals surface area (Å²) in [5, 5.41) is 3.79. The lowest BCUT2D eigenvalue weighted by molar-refractivity contribution is 0.269. The Hall–Kier alpha value is -0.340. The highest BCUT2D eigenvalue weighted by Gasteiger charge is 2.21. The highest BCUT2D eigenvalue weighted by atomic mass is 32.1. The van der Waals surface area contributed by atoms with Gasteiger partial charge in [-0.15, -0.1) is 11.3 Å². The minimum absolute atomic E-state index is 0.505. The van der Waals surface area contributed by atoms with Gasteiger partial charge in [-0.3, -0.25) is 0 Å². The molecule has 1 unspecified atom stereocenters. The molecule has 0 aromatic carbocycles. The highest BCUT2D eigenvalue weighted by molar-refractivity contribution is 7.12. The van der Waals surface area contributed by atoms with Crippen LogP contribution in [0.2, 0.25) is 0 Å². The van der Waals surface area contributed by atoms with E-state index in [0.29, 0.717) is 12.1 Å². The Morgan fingerprint density at radius 1 is 1.18 bits per heavy atom. The molecule has 0 aliphatic heterocycles. The fourth-order valence-corrected chi connectivity index (χ4v) is 3.82. The van der Waals surface area contributed by atoms with Gasteiger partial charge in [0.05, 0.1) is 0 Å². The Morgan fingerprint density at radius 3 is 2.47 bits per heavy atom. The lowest BCUT2D eigenvalue weighted by Gasteiger charge is -2.30. The Kier molecular flexibility index (Phi) is 4.63. The van der Waals surface area contributed by atoms with E-state index in [9.17, 15) is 0 Å². The maximum absolute atomic E-state index is 3.79. The summed E-state index contributed by atoms with van der Waals surface area (Å²) in [5.74, 6) is 0.896. The summed E-state index contributed by atoms with van der Waals surface area (Å²) in [6.07, 6.45) is 7.16. The zero-order valence-electron chi connectivity index (χ0n) is 11.3. The molecule has 1 aliphatic carbocycles. The molecule has 1 aliphatic rings. The maximum atomic E-state index is 3.79. The second-order valence-corrected chi connectivity index (χ2v) is 6.84. The van der Waals surface area contributed by atoms with Gasteiger partial charge in [0.25, 0.3) is 0 Å². The first-order valence-electron chi connectivity index (χ1n) is 6.99. The topological polar surface area (TPSA) is 12.0 Å². The molecule has 2 atom stereocenters. The van der Waals surface area contributed by atoms with Crippen LogP contribution in [-0.2, 0) is 0 Å². The molecule has 1 aromatic rings. The van der Waals surface area contributed by atoms with Crippen LogP contribution < -0.4 is 5.32 Å². The molecule has 1 saturated carbocycles. The molecule has 1 N–H and O–H groups in total. The molecular weight excluding hydrogens is 226 g/mol. The van der Waals surface area contributed by atoms with Crippen LogP contribution in [0.1, 0.15) is 61.7 Å². The fourth-order valence-electron chi connectivity index (χ4n) is 2.93. The molecular formula is C15H25NS. The highest BCUT2D eigenvalue weighted by Crippen LogP contribution is 2.29. The van der Waals surface area contributed by atoms with Gasteiger partial charge in [-0.25, -0.2) is 0 Å². The molecule has 0 bridgehead atoms. The quantitative estimate of drug-likeness (QED) is 0.819. The second kappa shape index (κ2) is 6.01. The van der Waals surface area contributed by atoms with Gasteiger partial charge in [0.1, 0.15) is 0 Å². The van der Waals surface area contributed by atoms with Gasteiger partial charge in [-0.05, 0) is 51.7 Å². The first kappa shape index (κ1) is 13.1. The standard InChI is InChI=1S/C15H25NS/c1-11-9-10-15(17-11)13(3)16-12(2)14-7-5-4-6-8-14/h9-10,12-14,16H,4-8H2,1-3H3/t12-,13?/m1/s1. The van der Waals surface area contributed by atoms with Crippen molar-refractivity contribution in [1.29, 1.82) is 0 Å². The van der Waals surface area contributed by atoms with E-state index in [4.69, 9.17) is 0 Å². The van der Waals surface area contributed by atoms with E-state index in [2.05, 4.69) is 38.2 Å². The molecule has 17 heavy (non-hydrogen) atoms. The number of hydrogen-bond acceptors (Lipinski definition) is 2. The molecule has 1 nitrogen and oxygen atoms in total. The largest absolute Gasteiger partial charge is 0.307 e. The molecule has 2 heteroatoms. The molecule has 1 aromatic heterocycles. The van der Waals surface area contributed by atoms with Crippen LogP contribution in [0, 0.1) is 12.8 Å². The summed E-state index contributed by atoms with van der Waals surface area (Å²) in [4.78, 5) is 2.89. The van der Waals surface area contributed by atoms with Crippen molar-refractivity contribution in [3.05, 3.63) is 21.9 Å². The third-order valence-corrected chi connectivity index (χ3v) is 5.24. The molecule has 0 spiro atoms. The molecule has 0 radical (unpaired) electrons. The number of aryl methyl sites for hydroxylation is 1. The summed E-state index contributed by atoms with van der Waals surface area (Å²) in [6, 6.07) is 5.66. The van der Waals surface area contributed by atoms with E-state index in [0.717, 1.165) is 5.92 Å². The molecule has 1 heterocycles. The summed E-state index contributed by atoms with van der Waals surface area (Å²) in [5.41, 5.74) is 0. The van der Waals surface area contributed by atoms with Crippen LogP contribution in [0.5, 0.6) is 0 Å². The average Bonchev–Trinajstić information content (AvgIpc) is 2.77. The van der Waals surface area contributed by atoms with Crippen LogP contribution in [0.15, 0.2) is 12.1 Å². The molecule has 0 amide bonds. The predicted molar refractivity (Wildman–Crippen MR) is 76.6 cm³/mol. The van der Waals surface area contributed by atoms with E-state index >= 15 is 0 Å². The van der Waals surface area contributed by atoms with Gasteiger partial charge < -0.3 is 5.32 Å². The zero-order chi connectivity index (χ0) is 12.3. The van der Waals surface area contributed by atoms with Crippen LogP contribution in [0.25, 0.3) is 0 Å². The number of thiophene rings is 1. The van der Waals surface area contributed by atoms with Crippen molar-refractivity contribution in [1.82, 2.24) is 5.32 Å². The van der Waals surface area contributed by atoms with Gasteiger partial charge in [-0.2, -0.15) is 0 Å². The van der Waals surface area contributed by atoms with Crippen molar-refractivity contribution < 1.29 is 0 Å². The fraction of sp³-hybridized carbons (Fsp3) is 0.733. The summed E-state index contributed by atoms with van der Waals surface area (Å²) in [6.45, 7) is 6.85. The van der Waals surface area contributed by atoms with Gasteiger partial charge in [0, 0.05) is 21.8 Å². The Labute approximate surface area is 110 Å². The molecule has 96 valence electrons. The SMILES string of the molecule is Cc1ccc(C(C)N[C@H](C)C2CCCCC2)s1. The monoisotopic (exact) mass is 251 g/mol. The third kappa shape index (κ3) is 3.56. The zero-order valence-corrected chi connectivity index (χ0v) is 12.1. The molecule has 1 fully saturated rings. The van der Waals surface area contributed by atoms with E-state index in [1.54, 1.807) is 0 Å². The van der Waals surface area contributed by atoms with E-state index in [1.165, 1.54) is 41.9 Å². The Bertz CT molecular complexity index is 338. The van der Waals surface area contributed by atoms with Crippen LogP contribution in [0.3, 0.4) is 0 Å². The van der Waals surface area contributed by atoms with Crippen molar-refractivity contribution in [2.45, 2.75) is 65.0 Å². The van der Waals surface area contributed by atoms with Gasteiger partial charge in [0.15, 0.2) is 0 Å². The third-order valence-electron chi connectivity index (χ3n) is 4.06. The summed E-state index contributed by atoms with van der Waals surface area (Å²) >= 11 is 1.92. The number of rotatable bonds is 4. The summed E-state index contributed by atoms with van der Waals surface area (Å²) in [7, 11) is 0. The number of hydrogen-bond donors (Lipinski definition) is 1. The first-order valence-corrected chi connectivity index (χ1v) is 7.81. The first-order chi connectivity index (χ1) is 8.16. The molecule has 0 saturated heterocycles. The van der Waals surface area contributed by atoms with E-state index < -0.39 is 0 Å². The average molecular weight is 251 g/mol. The van der Waals surface area contributed by atoms with E-state index in [1.807, 2.05) is 11.3 Å². The van der Waals surface area contributed by atoms with Crippen LogP contribution in [-0.4, -0.2) is 6.04 Å². The summed E-state index contributed by atoms with van der Waals surface area (Å²) < 4.78 is 0. The van der Waals surface area contributed by atoms with Crippen molar-refractivity contribution in [3.8, 4) is 0 Å². The predicted octanol–water partition coefficient (Wildman–Crippen LogP) is 4.68. The Balaban J connectivity index is 1.87. The minimum atomic E-state index is 0.505. The van der Waals surface area contributed by atoms with Gasteiger partial charge in [0.2, 0.25) is 0 Å². The normalized spacial score (nSPS) is 21.4. The minimum Gasteiger partial charge on any atom is -0.307 e. The van der Waals surface area contributed by atoms with Gasteiger partial charge >= 0.3 is 0 Å².